The molecule has 0 radical (unpaired) electrons. The van der Waals surface area contributed by atoms with Gasteiger partial charge < -0.3 is 10.7 Å². The molecule has 0 spiro atoms. The number of anilines is 1. The maximum Gasteiger partial charge on any atom is 0.268 e. The summed E-state index contributed by atoms with van der Waals surface area (Å²) in [6, 6.07) is 6.40. The highest BCUT2D eigenvalue weighted by Gasteiger charge is 2.20. The van der Waals surface area contributed by atoms with E-state index in [0.717, 1.165) is 0 Å². The number of benzene rings is 1. The number of hydrogen-bond donors (Lipinski definition) is 2. The molecular formula is C14H7BrFIN4O. The highest BCUT2D eigenvalue weighted by atomic mass is 127. The van der Waals surface area contributed by atoms with Crippen LogP contribution in [0.2, 0.25) is 0 Å². The Kier molecular flexibility index (Phi) is 4.84. The first-order chi connectivity index (χ1) is 10.4. The average Bonchev–Trinajstić information content (AvgIpc) is 2.46. The number of H-pyrrole nitrogens is 1. The lowest BCUT2D eigenvalue weighted by Gasteiger charge is -2.11. The predicted octanol–water partition coefficient (Wildman–Crippen LogP) is 3.01. The first kappa shape index (κ1) is 16.5. The van der Waals surface area contributed by atoms with Crippen LogP contribution in [0.4, 0.5) is 10.2 Å². The molecule has 0 saturated carbocycles. The second-order valence-corrected chi connectivity index (χ2v) is 5.99. The first-order valence-corrected chi connectivity index (χ1v) is 8.04. The number of alkyl halides is 1. The standard InChI is InChI=1S/C14H7BrFIN4O/c15-3-7-10(16)1-6(2-11(7)17)12-8(4-18)13(20)21-14(22)9(12)5-19/h1-2H,3H2,(H3,20,21,22). The Balaban J connectivity index is 2.93. The molecule has 0 saturated heterocycles. The van der Waals surface area contributed by atoms with Crippen molar-refractivity contribution in [2.45, 2.75) is 5.33 Å². The maximum atomic E-state index is 14.2. The Labute approximate surface area is 146 Å². The van der Waals surface area contributed by atoms with E-state index in [1.807, 2.05) is 28.7 Å². The zero-order valence-electron chi connectivity index (χ0n) is 10.9. The van der Waals surface area contributed by atoms with Crippen LogP contribution in [0.15, 0.2) is 16.9 Å². The fraction of sp³-hybridized carbons (Fsp3) is 0.0714. The van der Waals surface area contributed by atoms with Gasteiger partial charge in [0.15, 0.2) is 0 Å². The van der Waals surface area contributed by atoms with E-state index < -0.39 is 11.4 Å². The SMILES string of the molecule is N#Cc1c(N)[nH]c(=O)c(C#N)c1-c1cc(F)c(CBr)c(I)c1. The van der Waals surface area contributed by atoms with E-state index in [1.54, 1.807) is 12.1 Å². The molecule has 22 heavy (non-hydrogen) atoms. The van der Waals surface area contributed by atoms with Gasteiger partial charge in [-0.25, -0.2) is 4.39 Å². The van der Waals surface area contributed by atoms with Gasteiger partial charge in [-0.3, -0.25) is 4.79 Å². The van der Waals surface area contributed by atoms with E-state index >= 15 is 0 Å². The third-order valence-electron chi connectivity index (χ3n) is 3.03. The zero-order chi connectivity index (χ0) is 16.4. The van der Waals surface area contributed by atoms with Crippen molar-refractivity contribution >= 4 is 44.3 Å². The number of aromatic nitrogens is 1. The summed E-state index contributed by atoms with van der Waals surface area (Å²) in [6.45, 7) is 0. The van der Waals surface area contributed by atoms with Crippen LogP contribution in [0.25, 0.3) is 11.1 Å². The first-order valence-electron chi connectivity index (χ1n) is 5.84. The average molecular weight is 473 g/mol. The Morgan fingerprint density at radius 3 is 2.45 bits per heavy atom. The molecule has 2 aromatic rings. The summed E-state index contributed by atoms with van der Waals surface area (Å²) >= 11 is 5.15. The van der Waals surface area contributed by atoms with Crippen molar-refractivity contribution in [2.75, 3.05) is 5.73 Å². The molecule has 3 N–H and O–H groups in total. The van der Waals surface area contributed by atoms with Crippen molar-refractivity contribution in [2.24, 2.45) is 0 Å². The molecular weight excluding hydrogens is 466 g/mol. The Hall–Kier alpha value is -1.91. The number of aromatic amines is 1. The van der Waals surface area contributed by atoms with E-state index in [-0.39, 0.29) is 28.1 Å². The lowest BCUT2D eigenvalue weighted by atomic mass is 9.96. The molecule has 1 aromatic heterocycles. The molecule has 0 bridgehead atoms. The summed E-state index contributed by atoms with van der Waals surface area (Å²) in [6.07, 6.45) is 0. The molecule has 110 valence electrons. The van der Waals surface area contributed by atoms with Crippen LogP contribution in [0.1, 0.15) is 16.7 Å². The van der Waals surface area contributed by atoms with Crippen LogP contribution in [0.5, 0.6) is 0 Å². The number of halogens is 3. The summed E-state index contributed by atoms with van der Waals surface area (Å²) in [5.41, 5.74) is 5.36. The summed E-state index contributed by atoms with van der Waals surface area (Å²) in [4.78, 5) is 14.1. The lowest BCUT2D eigenvalue weighted by molar-refractivity contribution is 0.617. The molecule has 0 fully saturated rings. The van der Waals surface area contributed by atoms with E-state index in [1.165, 1.54) is 6.07 Å². The number of nitrogen functional groups attached to an aromatic ring is 1. The minimum Gasteiger partial charge on any atom is -0.384 e. The third-order valence-corrected chi connectivity index (χ3v) is 4.55. The van der Waals surface area contributed by atoms with Gasteiger partial charge in [-0.15, -0.1) is 0 Å². The summed E-state index contributed by atoms with van der Waals surface area (Å²) in [5, 5.41) is 18.8. The Bertz CT molecular complexity index is 888. The van der Waals surface area contributed by atoms with Crippen LogP contribution >= 0.6 is 38.5 Å². The van der Waals surface area contributed by atoms with Crippen molar-refractivity contribution in [3.8, 4) is 23.3 Å². The van der Waals surface area contributed by atoms with Crippen LogP contribution in [0, 0.1) is 32.0 Å². The molecule has 0 aliphatic carbocycles. The Morgan fingerprint density at radius 1 is 1.32 bits per heavy atom. The van der Waals surface area contributed by atoms with Crippen molar-refractivity contribution in [3.63, 3.8) is 0 Å². The minimum absolute atomic E-state index is 0.0455. The van der Waals surface area contributed by atoms with Crippen molar-refractivity contribution in [3.05, 3.63) is 48.6 Å². The molecule has 1 aromatic carbocycles. The van der Waals surface area contributed by atoms with Crippen LogP contribution in [-0.4, -0.2) is 4.98 Å². The Morgan fingerprint density at radius 2 is 1.95 bits per heavy atom. The van der Waals surface area contributed by atoms with Gasteiger partial charge in [-0.05, 0) is 40.3 Å². The highest BCUT2D eigenvalue weighted by molar-refractivity contribution is 14.1. The summed E-state index contributed by atoms with van der Waals surface area (Å²) in [5.74, 6) is -0.646. The van der Waals surface area contributed by atoms with Gasteiger partial charge in [0.2, 0.25) is 0 Å². The third kappa shape index (κ3) is 2.72. The molecule has 1 heterocycles. The fourth-order valence-corrected chi connectivity index (χ4v) is 3.88. The summed E-state index contributed by atoms with van der Waals surface area (Å²) in [7, 11) is 0. The second kappa shape index (κ2) is 6.46. The van der Waals surface area contributed by atoms with Crippen molar-refractivity contribution in [1.82, 2.24) is 4.98 Å². The van der Waals surface area contributed by atoms with Gasteiger partial charge in [-0.2, -0.15) is 10.5 Å². The topological polar surface area (TPSA) is 106 Å². The van der Waals surface area contributed by atoms with Gasteiger partial charge in [0.05, 0.1) is 0 Å². The van der Waals surface area contributed by atoms with Crippen LogP contribution < -0.4 is 11.3 Å². The monoisotopic (exact) mass is 472 g/mol. The normalized spacial score (nSPS) is 10.0. The highest BCUT2D eigenvalue weighted by Crippen LogP contribution is 2.32. The van der Waals surface area contributed by atoms with Gasteiger partial charge in [0, 0.05) is 20.0 Å². The largest absolute Gasteiger partial charge is 0.384 e. The summed E-state index contributed by atoms with van der Waals surface area (Å²) < 4.78 is 14.8. The van der Waals surface area contributed by atoms with E-state index in [9.17, 15) is 19.7 Å². The number of rotatable bonds is 2. The molecule has 2 rings (SSSR count). The number of nitrogens with two attached hydrogens (primary N) is 1. The minimum atomic E-state index is -0.714. The van der Waals surface area contributed by atoms with E-state index in [0.29, 0.717) is 14.5 Å². The second-order valence-electron chi connectivity index (χ2n) is 4.27. The molecule has 5 nitrogen and oxygen atoms in total. The zero-order valence-corrected chi connectivity index (χ0v) is 14.6. The van der Waals surface area contributed by atoms with E-state index in [4.69, 9.17) is 5.73 Å². The molecule has 0 atom stereocenters. The molecule has 8 heteroatoms. The van der Waals surface area contributed by atoms with E-state index in [2.05, 4.69) is 20.9 Å². The molecule has 0 amide bonds. The number of hydrogen-bond acceptors (Lipinski definition) is 4. The van der Waals surface area contributed by atoms with Crippen LogP contribution in [-0.2, 0) is 5.33 Å². The number of nitrogens with one attached hydrogen (secondary N) is 1. The number of nitrogens with zero attached hydrogens (tertiary/aromatic N) is 2. The molecule has 0 aliphatic rings. The van der Waals surface area contributed by atoms with Crippen LogP contribution in [0.3, 0.4) is 0 Å². The fourth-order valence-electron chi connectivity index (χ4n) is 2.01. The van der Waals surface area contributed by atoms with Gasteiger partial charge >= 0.3 is 0 Å². The van der Waals surface area contributed by atoms with Crippen molar-refractivity contribution in [1.29, 1.82) is 10.5 Å². The number of nitriles is 2. The lowest BCUT2D eigenvalue weighted by Crippen LogP contribution is -2.16. The van der Waals surface area contributed by atoms with Gasteiger partial charge in [0.25, 0.3) is 5.56 Å². The quantitative estimate of drug-likeness (QED) is 0.517. The van der Waals surface area contributed by atoms with Gasteiger partial charge in [0.1, 0.15) is 34.9 Å². The predicted molar refractivity (Wildman–Crippen MR) is 91.6 cm³/mol. The smallest absolute Gasteiger partial charge is 0.268 e. The number of pyridine rings is 1. The maximum absolute atomic E-state index is 14.2. The van der Waals surface area contributed by atoms with Gasteiger partial charge in [-0.1, -0.05) is 15.9 Å². The van der Waals surface area contributed by atoms with Crippen molar-refractivity contribution < 1.29 is 4.39 Å². The molecule has 0 aliphatic heterocycles. The molecule has 0 unspecified atom stereocenters.